The Labute approximate surface area is 223 Å². The van der Waals surface area contributed by atoms with Crippen molar-refractivity contribution in [3.63, 3.8) is 0 Å². The summed E-state index contributed by atoms with van der Waals surface area (Å²) in [5, 5.41) is 8.01. The van der Waals surface area contributed by atoms with Crippen LogP contribution in [0.25, 0.3) is 16.8 Å². The highest BCUT2D eigenvalue weighted by Crippen LogP contribution is 2.30. The molecule has 14 heteroatoms. The Hall–Kier alpha value is -5.01. The van der Waals surface area contributed by atoms with E-state index in [1.807, 2.05) is 0 Å². The number of aliphatic imine (C=N–C) groups is 1. The molecular formula is C26H21F5N6O3. The first-order valence-corrected chi connectivity index (χ1v) is 11.4. The van der Waals surface area contributed by atoms with Gasteiger partial charge < -0.3 is 15.2 Å². The van der Waals surface area contributed by atoms with Gasteiger partial charge >= 0.3 is 12.9 Å². The summed E-state index contributed by atoms with van der Waals surface area (Å²) in [5.41, 5.74) is 6.79. The van der Waals surface area contributed by atoms with E-state index in [0.717, 1.165) is 12.1 Å². The summed E-state index contributed by atoms with van der Waals surface area (Å²) in [6.45, 7) is -1.25. The van der Waals surface area contributed by atoms with E-state index in [0.29, 0.717) is 27.2 Å². The monoisotopic (exact) mass is 560 g/mol. The van der Waals surface area contributed by atoms with Crippen molar-refractivity contribution in [1.29, 1.82) is 0 Å². The quantitative estimate of drug-likeness (QED) is 0.229. The molecule has 0 fully saturated rings. The molecule has 0 aliphatic carbocycles. The lowest BCUT2D eigenvalue weighted by molar-refractivity contribution is -0.274. The summed E-state index contributed by atoms with van der Waals surface area (Å²) in [7, 11) is 1.40. The fraction of sp³-hybridized carbons (Fsp3) is 0.154. The number of hydrogen-bond donors (Lipinski definition) is 1. The van der Waals surface area contributed by atoms with Crippen LogP contribution in [0.5, 0.6) is 11.5 Å². The molecule has 0 aliphatic heterocycles. The van der Waals surface area contributed by atoms with E-state index < -0.39 is 24.1 Å². The van der Waals surface area contributed by atoms with Gasteiger partial charge in [0.15, 0.2) is 5.69 Å². The number of allylic oxidation sites excluding steroid dienone is 2. The van der Waals surface area contributed by atoms with Crippen molar-refractivity contribution in [3.8, 4) is 28.3 Å². The zero-order valence-corrected chi connectivity index (χ0v) is 20.9. The third kappa shape index (κ3) is 6.70. The Morgan fingerprint density at radius 3 is 2.55 bits per heavy atom. The highest BCUT2D eigenvalue weighted by Gasteiger charge is 2.31. The van der Waals surface area contributed by atoms with Crippen LogP contribution in [0, 0.1) is 0 Å². The van der Waals surface area contributed by atoms with Crippen molar-refractivity contribution >= 4 is 11.4 Å². The zero-order chi connectivity index (χ0) is 29.0. The van der Waals surface area contributed by atoms with Crippen molar-refractivity contribution in [3.05, 3.63) is 94.8 Å². The number of nitrogens with zero attached hydrogens (tertiary/aromatic N) is 5. The van der Waals surface area contributed by atoms with Crippen LogP contribution in [0.2, 0.25) is 0 Å². The molecule has 0 unspecified atom stereocenters. The first-order chi connectivity index (χ1) is 18.9. The van der Waals surface area contributed by atoms with Gasteiger partial charge in [-0.15, -0.1) is 13.2 Å². The normalized spacial score (nSPS) is 12.6. The molecule has 0 saturated carbocycles. The fourth-order valence-corrected chi connectivity index (χ4v) is 3.62. The number of halogens is 5. The lowest BCUT2D eigenvalue weighted by Gasteiger charge is -2.13. The summed E-state index contributed by atoms with van der Waals surface area (Å²) in [5.74, 6) is -0.200. The second kappa shape index (κ2) is 11.4. The summed E-state index contributed by atoms with van der Waals surface area (Å²) in [6, 6.07) is 10.9. The number of aromatic nitrogens is 4. The number of rotatable bonds is 8. The minimum atomic E-state index is -4.90. The van der Waals surface area contributed by atoms with Crippen LogP contribution in [0.4, 0.5) is 27.6 Å². The molecule has 4 rings (SSSR count). The summed E-state index contributed by atoms with van der Waals surface area (Å²) in [4.78, 5) is 17.1. The van der Waals surface area contributed by atoms with Crippen molar-refractivity contribution < 1.29 is 31.4 Å². The predicted molar refractivity (Wildman–Crippen MR) is 136 cm³/mol. The van der Waals surface area contributed by atoms with E-state index in [4.69, 9.17) is 10.5 Å². The molecule has 0 saturated heterocycles. The first kappa shape index (κ1) is 28.0. The van der Waals surface area contributed by atoms with E-state index in [1.165, 1.54) is 61.6 Å². The van der Waals surface area contributed by atoms with Crippen LogP contribution in [-0.4, -0.2) is 38.7 Å². The lowest BCUT2D eigenvalue weighted by atomic mass is 10.1. The fourth-order valence-electron chi connectivity index (χ4n) is 3.62. The SMILES string of the molecule is COc1cc(-c2cnn(C(F)F)c2)ccc1-n1ccc(=O)c(C(C=C(C)N)=Nc2cccc(OC(F)(F)F)c2)n1. The van der Waals surface area contributed by atoms with Crippen LogP contribution in [-0.2, 0) is 0 Å². The number of nitrogens with two attached hydrogens (primary N) is 1. The zero-order valence-electron chi connectivity index (χ0n) is 20.9. The minimum Gasteiger partial charge on any atom is -0.494 e. The van der Waals surface area contributed by atoms with E-state index in [1.54, 1.807) is 18.2 Å². The van der Waals surface area contributed by atoms with Crippen LogP contribution in [0.3, 0.4) is 0 Å². The minimum absolute atomic E-state index is 0.0153. The predicted octanol–water partition coefficient (Wildman–Crippen LogP) is 5.38. The van der Waals surface area contributed by atoms with E-state index >= 15 is 0 Å². The van der Waals surface area contributed by atoms with E-state index in [-0.39, 0.29) is 22.8 Å². The Bertz CT molecular complexity index is 1640. The van der Waals surface area contributed by atoms with Gasteiger partial charge in [-0.3, -0.25) is 4.79 Å². The van der Waals surface area contributed by atoms with Crippen molar-refractivity contribution in [2.45, 2.75) is 19.8 Å². The molecule has 0 radical (unpaired) electrons. The number of methoxy groups -OCH3 is 1. The number of benzene rings is 2. The molecule has 2 aromatic heterocycles. The highest BCUT2D eigenvalue weighted by atomic mass is 19.4. The van der Waals surface area contributed by atoms with Gasteiger partial charge in [0.1, 0.15) is 17.2 Å². The van der Waals surface area contributed by atoms with Crippen LogP contribution in [0.15, 0.2) is 88.7 Å². The molecule has 0 bridgehead atoms. The van der Waals surface area contributed by atoms with Gasteiger partial charge in [0.25, 0.3) is 0 Å². The van der Waals surface area contributed by atoms with Crippen LogP contribution < -0.4 is 20.6 Å². The molecule has 2 aromatic carbocycles. The standard InChI is InChI=1S/C26H21F5N6O3/c1-15(32)10-20(34-18-4-3-5-19(12-18)40-26(29,30)31)24-22(38)8-9-36(35-24)21-7-6-16(11-23(21)39-2)17-13-33-37(14-17)25(27)28/h3-14,25H,32H2,1-2H3. The highest BCUT2D eigenvalue weighted by molar-refractivity contribution is 6.08. The molecule has 40 heavy (non-hydrogen) atoms. The second-order valence-electron chi connectivity index (χ2n) is 8.28. The average Bonchev–Trinajstić information content (AvgIpc) is 3.38. The molecular weight excluding hydrogens is 539 g/mol. The van der Waals surface area contributed by atoms with Gasteiger partial charge in [-0.1, -0.05) is 12.1 Å². The molecule has 0 atom stereocenters. The molecule has 2 heterocycles. The first-order valence-electron chi connectivity index (χ1n) is 11.4. The number of ether oxygens (including phenoxy) is 2. The summed E-state index contributed by atoms with van der Waals surface area (Å²) in [6.07, 6.45) is 0.313. The topological polar surface area (TPSA) is 110 Å². The van der Waals surface area contributed by atoms with Gasteiger partial charge in [-0.25, -0.2) is 14.4 Å². The molecule has 2 N–H and O–H groups in total. The Kier molecular flexibility index (Phi) is 7.98. The second-order valence-corrected chi connectivity index (χ2v) is 8.28. The summed E-state index contributed by atoms with van der Waals surface area (Å²) >= 11 is 0. The summed E-state index contributed by atoms with van der Waals surface area (Å²) < 4.78 is 75.1. The third-order valence-corrected chi connectivity index (χ3v) is 5.28. The average molecular weight is 560 g/mol. The van der Waals surface area contributed by atoms with Crippen molar-refractivity contribution in [2.24, 2.45) is 10.7 Å². The number of hydrogen-bond acceptors (Lipinski definition) is 7. The molecule has 208 valence electrons. The smallest absolute Gasteiger partial charge is 0.494 e. The van der Waals surface area contributed by atoms with Gasteiger partial charge in [-0.05, 0) is 42.8 Å². The Balaban J connectivity index is 1.77. The largest absolute Gasteiger partial charge is 0.573 e. The Morgan fingerprint density at radius 1 is 1.12 bits per heavy atom. The van der Waals surface area contributed by atoms with Crippen LogP contribution in [0.1, 0.15) is 19.2 Å². The Morgan fingerprint density at radius 2 is 1.90 bits per heavy atom. The lowest BCUT2D eigenvalue weighted by Crippen LogP contribution is -2.21. The molecule has 0 amide bonds. The molecule has 0 aliphatic rings. The maximum atomic E-state index is 12.9. The van der Waals surface area contributed by atoms with Crippen LogP contribution >= 0.6 is 0 Å². The van der Waals surface area contributed by atoms with Gasteiger partial charge in [0, 0.05) is 35.8 Å². The van der Waals surface area contributed by atoms with E-state index in [9.17, 15) is 26.7 Å². The molecule has 9 nitrogen and oxygen atoms in total. The van der Waals surface area contributed by atoms with Crippen molar-refractivity contribution in [2.75, 3.05) is 7.11 Å². The van der Waals surface area contributed by atoms with Gasteiger partial charge in [-0.2, -0.15) is 19.0 Å². The van der Waals surface area contributed by atoms with Crippen molar-refractivity contribution in [1.82, 2.24) is 19.6 Å². The third-order valence-electron chi connectivity index (χ3n) is 5.28. The van der Waals surface area contributed by atoms with Gasteiger partial charge in [0.2, 0.25) is 5.43 Å². The van der Waals surface area contributed by atoms with Gasteiger partial charge in [0.05, 0.1) is 24.7 Å². The maximum Gasteiger partial charge on any atom is 0.573 e. The molecule has 0 spiro atoms. The molecule has 4 aromatic rings. The maximum absolute atomic E-state index is 12.9. The number of alkyl halides is 5. The van der Waals surface area contributed by atoms with E-state index in [2.05, 4.69) is 19.9 Å².